The van der Waals surface area contributed by atoms with Gasteiger partial charge in [0.2, 0.25) is 11.8 Å². The van der Waals surface area contributed by atoms with E-state index < -0.39 is 11.8 Å². The molecule has 1 heterocycles. The maximum Gasteiger partial charge on any atom is 0.237 e. The molecule has 2 aliphatic rings. The quantitative estimate of drug-likeness (QED) is 0.282. The van der Waals surface area contributed by atoms with Crippen LogP contribution in [0.15, 0.2) is 109 Å². The van der Waals surface area contributed by atoms with Crippen LogP contribution in [-0.4, -0.2) is 23.8 Å². The van der Waals surface area contributed by atoms with E-state index in [1.807, 2.05) is 36.4 Å². The van der Waals surface area contributed by atoms with Crippen molar-refractivity contribution in [2.24, 2.45) is 11.8 Å². The van der Waals surface area contributed by atoms with Gasteiger partial charge in [0.05, 0.1) is 11.8 Å². The molecule has 2 amide bonds. The highest BCUT2D eigenvalue weighted by molar-refractivity contribution is 6.18. The molecule has 7 rings (SSSR count). The van der Waals surface area contributed by atoms with Crippen molar-refractivity contribution in [1.82, 2.24) is 4.90 Å². The molecule has 3 nitrogen and oxygen atoms in total. The third-order valence-corrected chi connectivity index (χ3v) is 7.79. The van der Waals surface area contributed by atoms with E-state index in [9.17, 15) is 9.59 Å². The number of carbonyl (C=O) groups is 2. The maximum absolute atomic E-state index is 13.8. The van der Waals surface area contributed by atoms with Crippen molar-refractivity contribution >= 4 is 44.5 Å². The minimum absolute atomic E-state index is 0.139. The van der Waals surface area contributed by atoms with Gasteiger partial charge in [-0.15, -0.1) is 0 Å². The first kappa shape index (κ1) is 20.8. The number of likely N-dealkylation sites (tertiary alicyclic amines) is 1. The van der Waals surface area contributed by atoms with Crippen LogP contribution in [0.4, 0.5) is 0 Å². The molecule has 2 atom stereocenters. The summed E-state index contributed by atoms with van der Waals surface area (Å²) in [6.45, 7) is 0. The van der Waals surface area contributed by atoms with Gasteiger partial charge in [-0.25, -0.2) is 0 Å². The van der Waals surface area contributed by atoms with Gasteiger partial charge in [-0.05, 0) is 54.3 Å². The Labute approximate surface area is 208 Å². The van der Waals surface area contributed by atoms with Crippen molar-refractivity contribution < 1.29 is 9.59 Å². The van der Waals surface area contributed by atoms with E-state index >= 15 is 0 Å². The summed E-state index contributed by atoms with van der Waals surface area (Å²) < 4.78 is 0. The minimum Gasteiger partial charge on any atom is -0.285 e. The van der Waals surface area contributed by atoms with Crippen LogP contribution in [0.5, 0.6) is 0 Å². The zero-order valence-electron chi connectivity index (χ0n) is 19.8. The second-order valence-corrected chi connectivity index (χ2v) is 9.59. The Morgan fingerprint density at radius 3 is 1.19 bits per heavy atom. The van der Waals surface area contributed by atoms with Crippen LogP contribution in [0.25, 0.3) is 32.7 Å². The number of benzene rings is 5. The fourth-order valence-electron chi connectivity index (χ4n) is 6.29. The predicted molar refractivity (Wildman–Crippen MR) is 143 cm³/mol. The molecule has 3 heteroatoms. The Morgan fingerprint density at radius 1 is 0.472 bits per heavy atom. The van der Waals surface area contributed by atoms with Gasteiger partial charge in [0.15, 0.2) is 0 Å². The second-order valence-electron chi connectivity index (χ2n) is 9.59. The summed E-state index contributed by atoms with van der Waals surface area (Å²) in [5.74, 6) is -1.42. The normalized spacial score (nSPS) is 19.2. The second kappa shape index (κ2) is 7.76. The molecule has 5 aromatic rings. The highest BCUT2D eigenvalue weighted by atomic mass is 16.2. The fraction of sp³-hybridized carbons (Fsp3) is 0.0909. The third kappa shape index (κ3) is 2.74. The van der Waals surface area contributed by atoms with E-state index in [0.29, 0.717) is 0 Å². The average Bonchev–Trinajstić information content (AvgIpc) is 3.16. The van der Waals surface area contributed by atoms with Crippen molar-refractivity contribution in [3.8, 4) is 0 Å². The standard InChI is InChI=1S/C33H23NO2/c1-34-32(35)30-26(20-12-4-2-5-13-20)28-24-18-10-8-16-22(24)23-17-9-11-19-25(23)29(28)27(31(30)33(34)36)21-14-6-3-7-15-21/h2-19,30-31H,1H3. The smallest absolute Gasteiger partial charge is 0.237 e. The zero-order valence-corrected chi connectivity index (χ0v) is 19.8. The molecule has 5 aromatic carbocycles. The highest BCUT2D eigenvalue weighted by Gasteiger charge is 2.51. The van der Waals surface area contributed by atoms with Crippen LogP contribution in [0.3, 0.4) is 0 Å². The van der Waals surface area contributed by atoms with Crippen molar-refractivity contribution in [3.05, 3.63) is 131 Å². The van der Waals surface area contributed by atoms with Gasteiger partial charge < -0.3 is 0 Å². The summed E-state index contributed by atoms with van der Waals surface area (Å²) in [4.78, 5) is 28.9. The lowest BCUT2D eigenvalue weighted by molar-refractivity contribution is -0.137. The molecule has 0 bridgehead atoms. The van der Waals surface area contributed by atoms with Crippen molar-refractivity contribution in [2.45, 2.75) is 0 Å². The first-order valence-electron chi connectivity index (χ1n) is 12.3. The molecule has 0 radical (unpaired) electrons. The molecule has 2 unspecified atom stereocenters. The predicted octanol–water partition coefficient (Wildman–Crippen LogP) is 4.64. The van der Waals surface area contributed by atoms with Crippen LogP contribution in [0, 0.1) is 11.8 Å². The molecule has 1 saturated heterocycles. The topological polar surface area (TPSA) is 37.4 Å². The van der Waals surface area contributed by atoms with Gasteiger partial charge in [-0.2, -0.15) is 0 Å². The molecule has 0 spiro atoms. The minimum atomic E-state index is -0.572. The summed E-state index contributed by atoms with van der Waals surface area (Å²) in [6, 6.07) is 37.1. The summed E-state index contributed by atoms with van der Waals surface area (Å²) >= 11 is 0. The zero-order chi connectivity index (χ0) is 24.4. The van der Waals surface area contributed by atoms with Gasteiger partial charge in [0.25, 0.3) is 0 Å². The van der Waals surface area contributed by atoms with Crippen LogP contribution in [0.2, 0.25) is 0 Å². The lowest BCUT2D eigenvalue weighted by Crippen LogP contribution is -2.43. The van der Waals surface area contributed by atoms with Gasteiger partial charge in [0.1, 0.15) is 0 Å². The van der Waals surface area contributed by atoms with Crippen molar-refractivity contribution in [3.63, 3.8) is 0 Å². The van der Waals surface area contributed by atoms with Gasteiger partial charge >= 0.3 is 0 Å². The average molecular weight is 466 g/mol. The van der Waals surface area contributed by atoms with E-state index in [2.05, 4.69) is 72.8 Å². The SMILES string of the molecule is CN1C(=O)C2C(c3ccccc3)=c3c(c4ccccc4c4ccccc34)=C(c3ccccc3)C2C1=O. The number of fused-ring (bicyclic) bond motifs is 7. The molecule has 1 aliphatic heterocycles. The van der Waals surface area contributed by atoms with Crippen molar-refractivity contribution in [2.75, 3.05) is 7.05 Å². The Morgan fingerprint density at radius 2 is 0.806 bits per heavy atom. The number of hydrogen-bond acceptors (Lipinski definition) is 2. The molecule has 0 N–H and O–H groups in total. The van der Waals surface area contributed by atoms with E-state index in [1.165, 1.54) is 4.90 Å². The Balaban J connectivity index is 1.86. The molecular weight excluding hydrogens is 442 g/mol. The number of nitrogens with zero attached hydrogens (tertiary/aromatic N) is 1. The monoisotopic (exact) mass is 465 g/mol. The first-order chi connectivity index (χ1) is 17.7. The van der Waals surface area contributed by atoms with Crippen LogP contribution >= 0.6 is 0 Å². The van der Waals surface area contributed by atoms with Gasteiger partial charge in [0, 0.05) is 7.05 Å². The van der Waals surface area contributed by atoms with Gasteiger partial charge in [-0.3, -0.25) is 14.5 Å². The molecular formula is C33H23NO2. The molecule has 0 aromatic heterocycles. The number of rotatable bonds is 2. The summed E-state index contributed by atoms with van der Waals surface area (Å²) in [5, 5.41) is 6.63. The van der Waals surface area contributed by atoms with E-state index in [0.717, 1.165) is 54.3 Å². The van der Waals surface area contributed by atoms with Crippen LogP contribution in [-0.2, 0) is 9.59 Å². The highest BCUT2D eigenvalue weighted by Crippen LogP contribution is 2.43. The summed E-state index contributed by atoms with van der Waals surface area (Å²) in [6.07, 6.45) is 0. The molecule has 1 aliphatic carbocycles. The Kier molecular flexibility index (Phi) is 4.49. The van der Waals surface area contributed by atoms with E-state index in [1.54, 1.807) is 7.05 Å². The molecule has 1 fully saturated rings. The molecule has 0 saturated carbocycles. The van der Waals surface area contributed by atoms with E-state index in [4.69, 9.17) is 0 Å². The largest absolute Gasteiger partial charge is 0.285 e. The number of hydrogen-bond donors (Lipinski definition) is 0. The maximum atomic E-state index is 13.8. The van der Waals surface area contributed by atoms with Crippen LogP contribution in [0.1, 0.15) is 11.1 Å². The van der Waals surface area contributed by atoms with Gasteiger partial charge in [-0.1, -0.05) is 109 Å². The third-order valence-electron chi connectivity index (χ3n) is 7.79. The lowest BCUT2D eigenvalue weighted by atomic mass is 9.71. The van der Waals surface area contributed by atoms with Crippen LogP contribution < -0.4 is 10.4 Å². The van der Waals surface area contributed by atoms with E-state index in [-0.39, 0.29) is 11.8 Å². The first-order valence-corrected chi connectivity index (χ1v) is 12.3. The Bertz CT molecular complexity index is 1700. The molecule has 172 valence electrons. The number of amides is 2. The fourth-order valence-corrected chi connectivity index (χ4v) is 6.29. The van der Waals surface area contributed by atoms with Crippen molar-refractivity contribution in [1.29, 1.82) is 0 Å². The molecule has 36 heavy (non-hydrogen) atoms. The summed E-state index contributed by atoms with van der Waals surface area (Å²) in [5.41, 5.74) is 3.86. The Hall–Kier alpha value is -4.50. The number of carbonyl (C=O) groups excluding carboxylic acids is 2. The lowest BCUT2D eigenvalue weighted by Gasteiger charge is -2.28. The summed E-state index contributed by atoms with van der Waals surface area (Å²) in [7, 11) is 1.62. The number of imide groups is 1.